The number of nitrogens with zero attached hydrogens (tertiary/aromatic N) is 3. The normalized spacial score (nSPS) is 17.5. The lowest BCUT2D eigenvalue weighted by molar-refractivity contribution is 0.0780. The molecule has 0 saturated carbocycles. The summed E-state index contributed by atoms with van der Waals surface area (Å²) < 4.78 is 24.8. The van der Waals surface area contributed by atoms with Crippen molar-refractivity contribution in [3.05, 3.63) is 58.5 Å². The Morgan fingerprint density at radius 3 is 2.82 bits per heavy atom. The van der Waals surface area contributed by atoms with Gasteiger partial charge < -0.3 is 19.1 Å². The molecule has 33 heavy (non-hydrogen) atoms. The highest BCUT2D eigenvalue weighted by Gasteiger charge is 2.26. The number of aromatic nitrogens is 1. The van der Waals surface area contributed by atoms with E-state index in [1.165, 1.54) is 12.1 Å². The van der Waals surface area contributed by atoms with Crippen LogP contribution < -0.4 is 4.74 Å². The molecule has 0 N–H and O–H groups in total. The van der Waals surface area contributed by atoms with Crippen LogP contribution in [0.1, 0.15) is 52.4 Å². The number of benzene rings is 2. The molecule has 2 aromatic carbocycles. The number of hydrogen-bond donors (Lipinski definition) is 0. The number of carbonyl (C=O) groups excluding carboxylic acids is 1. The van der Waals surface area contributed by atoms with Crippen LogP contribution in [0.4, 0.5) is 4.39 Å². The maximum atomic E-state index is 13.4. The number of piperidine rings is 1. The first-order valence-corrected chi connectivity index (χ1v) is 11.8. The van der Waals surface area contributed by atoms with E-state index in [4.69, 9.17) is 9.26 Å². The number of aryl methyl sites for hydroxylation is 1. The molecule has 1 fully saturated rings. The summed E-state index contributed by atoms with van der Waals surface area (Å²) in [6.45, 7) is 6.43. The number of ether oxygens (including phenoxy) is 1. The average Bonchev–Trinajstić information content (AvgIpc) is 3.23. The van der Waals surface area contributed by atoms with Gasteiger partial charge in [-0.1, -0.05) is 5.16 Å². The number of hydrogen-bond acceptors (Lipinski definition) is 5. The van der Waals surface area contributed by atoms with Crippen LogP contribution in [0.15, 0.2) is 34.9 Å². The second-order valence-electron chi connectivity index (χ2n) is 9.27. The number of fused-ring (bicyclic) bond motifs is 2. The zero-order valence-electron chi connectivity index (χ0n) is 19.3. The summed E-state index contributed by atoms with van der Waals surface area (Å²) in [6, 6.07) is 8.60. The number of amides is 1. The van der Waals surface area contributed by atoms with Gasteiger partial charge in [0.2, 0.25) is 0 Å². The van der Waals surface area contributed by atoms with Gasteiger partial charge in [-0.15, -0.1) is 0 Å². The molecule has 6 nitrogen and oxygen atoms in total. The van der Waals surface area contributed by atoms with E-state index >= 15 is 0 Å². The molecule has 0 spiro atoms. The summed E-state index contributed by atoms with van der Waals surface area (Å²) in [5, 5.41) is 5.16. The molecular weight excluding hydrogens is 421 g/mol. The van der Waals surface area contributed by atoms with Crippen LogP contribution in [0.25, 0.3) is 11.0 Å². The quantitative estimate of drug-likeness (QED) is 0.515. The van der Waals surface area contributed by atoms with Crippen molar-refractivity contribution in [1.29, 1.82) is 0 Å². The van der Waals surface area contributed by atoms with Gasteiger partial charge in [-0.25, -0.2) is 4.39 Å². The molecule has 0 unspecified atom stereocenters. The smallest absolute Gasteiger partial charge is 0.254 e. The Morgan fingerprint density at radius 2 is 2.00 bits per heavy atom. The largest absolute Gasteiger partial charge is 0.494 e. The number of halogens is 1. The topological polar surface area (TPSA) is 58.8 Å². The van der Waals surface area contributed by atoms with Gasteiger partial charge in [0.25, 0.3) is 5.91 Å². The second kappa shape index (κ2) is 9.14. The second-order valence-corrected chi connectivity index (χ2v) is 9.27. The summed E-state index contributed by atoms with van der Waals surface area (Å²) in [7, 11) is 1.85. The van der Waals surface area contributed by atoms with Crippen LogP contribution >= 0.6 is 0 Å². The van der Waals surface area contributed by atoms with E-state index in [1.807, 2.05) is 13.1 Å². The zero-order chi connectivity index (χ0) is 22.9. The molecule has 0 aliphatic carbocycles. The fourth-order valence-corrected chi connectivity index (χ4v) is 5.11. The van der Waals surface area contributed by atoms with Crippen LogP contribution in [0.2, 0.25) is 0 Å². The molecule has 7 heteroatoms. The van der Waals surface area contributed by atoms with E-state index in [0.717, 1.165) is 85.4 Å². The predicted octanol–water partition coefficient (Wildman–Crippen LogP) is 4.55. The van der Waals surface area contributed by atoms with E-state index in [9.17, 15) is 9.18 Å². The molecule has 0 atom stereocenters. The Kier molecular flexibility index (Phi) is 6.06. The standard InChI is InChI=1S/C26H30FN3O3/c1-17-14-20(16-23-21(17)8-10-29(2)26(23)31)32-13-3-9-30-11-6-18(7-12-30)25-22-5-4-19(27)15-24(22)33-28-25/h4-5,14-16,18H,3,6-13H2,1-2H3. The van der Waals surface area contributed by atoms with Crippen LogP contribution in [0.5, 0.6) is 5.75 Å². The van der Waals surface area contributed by atoms with E-state index in [-0.39, 0.29) is 11.7 Å². The minimum absolute atomic E-state index is 0.0812. The van der Waals surface area contributed by atoms with E-state index < -0.39 is 0 Å². The van der Waals surface area contributed by atoms with Gasteiger partial charge in [0.1, 0.15) is 11.6 Å². The molecule has 1 aromatic heterocycles. The molecule has 3 aromatic rings. The monoisotopic (exact) mass is 451 g/mol. The minimum Gasteiger partial charge on any atom is -0.494 e. The molecule has 174 valence electrons. The Hall–Kier alpha value is -2.93. The maximum absolute atomic E-state index is 13.4. The molecule has 1 amide bonds. The van der Waals surface area contributed by atoms with Crippen molar-refractivity contribution < 1.29 is 18.4 Å². The first-order chi connectivity index (χ1) is 16.0. The molecule has 2 aliphatic rings. The minimum atomic E-state index is -0.299. The Morgan fingerprint density at radius 1 is 1.18 bits per heavy atom. The highest BCUT2D eigenvalue weighted by Crippen LogP contribution is 2.33. The van der Waals surface area contributed by atoms with Gasteiger partial charge in [0.15, 0.2) is 5.58 Å². The number of likely N-dealkylation sites (N-methyl/N-ethyl adjacent to an activating group) is 1. The van der Waals surface area contributed by atoms with Gasteiger partial charge in [0, 0.05) is 43.1 Å². The molecule has 5 rings (SSSR count). The fourth-order valence-electron chi connectivity index (χ4n) is 5.11. The van der Waals surface area contributed by atoms with Crippen molar-refractivity contribution in [2.45, 2.75) is 38.5 Å². The van der Waals surface area contributed by atoms with Gasteiger partial charge in [-0.05, 0) is 81.1 Å². The molecule has 0 radical (unpaired) electrons. The summed E-state index contributed by atoms with van der Waals surface area (Å²) in [5.74, 6) is 0.908. The average molecular weight is 452 g/mol. The SMILES string of the molecule is Cc1cc(OCCCN2CCC(c3noc4cc(F)ccc34)CC2)cc2c1CCN(C)C2=O. The lowest BCUT2D eigenvalue weighted by Gasteiger charge is -2.31. The Bertz CT molecular complexity index is 1170. The lowest BCUT2D eigenvalue weighted by Crippen LogP contribution is -2.34. The van der Waals surface area contributed by atoms with E-state index in [0.29, 0.717) is 18.1 Å². The summed E-state index contributed by atoms with van der Waals surface area (Å²) in [5.41, 5.74) is 4.54. The van der Waals surface area contributed by atoms with Gasteiger partial charge in [0.05, 0.1) is 12.3 Å². The van der Waals surface area contributed by atoms with Crippen molar-refractivity contribution in [2.75, 3.05) is 39.8 Å². The zero-order valence-corrected chi connectivity index (χ0v) is 19.3. The van der Waals surface area contributed by atoms with Gasteiger partial charge in [-0.3, -0.25) is 4.79 Å². The molecule has 1 saturated heterocycles. The molecule has 3 heterocycles. The maximum Gasteiger partial charge on any atom is 0.254 e. The van der Waals surface area contributed by atoms with Crippen LogP contribution in [0.3, 0.4) is 0 Å². The van der Waals surface area contributed by atoms with Crippen LogP contribution in [-0.2, 0) is 6.42 Å². The van der Waals surface area contributed by atoms with Crippen molar-refractivity contribution >= 4 is 16.9 Å². The third-order valence-electron chi connectivity index (χ3n) is 7.04. The number of likely N-dealkylation sites (tertiary alicyclic amines) is 1. The predicted molar refractivity (Wildman–Crippen MR) is 124 cm³/mol. The first-order valence-electron chi connectivity index (χ1n) is 11.8. The van der Waals surface area contributed by atoms with Crippen molar-refractivity contribution in [2.24, 2.45) is 0 Å². The van der Waals surface area contributed by atoms with Crippen LogP contribution in [-0.4, -0.2) is 60.7 Å². The lowest BCUT2D eigenvalue weighted by atomic mass is 9.91. The van der Waals surface area contributed by atoms with Crippen molar-refractivity contribution in [3.63, 3.8) is 0 Å². The summed E-state index contributed by atoms with van der Waals surface area (Å²) in [4.78, 5) is 16.7. The number of carbonyl (C=O) groups is 1. The van der Waals surface area contributed by atoms with E-state index in [1.54, 1.807) is 11.0 Å². The molecule has 2 aliphatic heterocycles. The summed E-state index contributed by atoms with van der Waals surface area (Å²) >= 11 is 0. The fraction of sp³-hybridized carbons (Fsp3) is 0.462. The van der Waals surface area contributed by atoms with Crippen molar-refractivity contribution in [1.82, 2.24) is 15.0 Å². The molecule has 0 bridgehead atoms. The van der Waals surface area contributed by atoms with Crippen molar-refractivity contribution in [3.8, 4) is 5.75 Å². The number of rotatable bonds is 6. The van der Waals surface area contributed by atoms with Gasteiger partial charge >= 0.3 is 0 Å². The van der Waals surface area contributed by atoms with Gasteiger partial charge in [-0.2, -0.15) is 0 Å². The third kappa shape index (κ3) is 4.47. The van der Waals surface area contributed by atoms with E-state index in [2.05, 4.69) is 23.0 Å². The third-order valence-corrected chi connectivity index (χ3v) is 7.04. The first kappa shape index (κ1) is 21.9. The highest BCUT2D eigenvalue weighted by atomic mass is 19.1. The highest BCUT2D eigenvalue weighted by molar-refractivity contribution is 5.97. The Balaban J connectivity index is 1.11. The Labute approximate surface area is 193 Å². The summed E-state index contributed by atoms with van der Waals surface area (Å²) in [6.07, 6.45) is 3.86. The van der Waals surface area contributed by atoms with Crippen LogP contribution in [0, 0.1) is 12.7 Å². The molecular formula is C26H30FN3O3.